The molecule has 0 radical (unpaired) electrons. The summed E-state index contributed by atoms with van der Waals surface area (Å²) in [6, 6.07) is 15.5. The average Bonchev–Trinajstić information content (AvgIpc) is 2.59. The van der Waals surface area contributed by atoms with Gasteiger partial charge in [-0.25, -0.2) is 0 Å². The standard InChI is InChI=1S/C18H16N2O2/c1-21-16-8-7-14-9-10-20-15(11-19)17(14)18(16)22-12-13-5-3-2-4-6-13/h2-10,15,20H,12H2,1H3. The van der Waals surface area contributed by atoms with Crippen molar-refractivity contribution < 1.29 is 9.47 Å². The Balaban J connectivity index is 1.98. The van der Waals surface area contributed by atoms with Gasteiger partial charge in [-0.2, -0.15) is 5.26 Å². The quantitative estimate of drug-likeness (QED) is 0.938. The molecule has 4 heteroatoms. The molecule has 1 aliphatic heterocycles. The lowest BCUT2D eigenvalue weighted by Gasteiger charge is -2.23. The van der Waals surface area contributed by atoms with E-state index in [1.54, 1.807) is 13.3 Å². The lowest BCUT2D eigenvalue weighted by atomic mass is 9.97. The van der Waals surface area contributed by atoms with E-state index in [9.17, 15) is 5.26 Å². The van der Waals surface area contributed by atoms with Crippen LogP contribution >= 0.6 is 0 Å². The highest BCUT2D eigenvalue weighted by Gasteiger charge is 2.24. The molecule has 0 aromatic heterocycles. The summed E-state index contributed by atoms with van der Waals surface area (Å²) < 4.78 is 11.4. The normalized spacial score (nSPS) is 15.4. The van der Waals surface area contributed by atoms with Crippen LogP contribution < -0.4 is 14.8 Å². The van der Waals surface area contributed by atoms with Gasteiger partial charge < -0.3 is 14.8 Å². The topological polar surface area (TPSA) is 54.3 Å². The van der Waals surface area contributed by atoms with E-state index in [1.807, 2.05) is 48.5 Å². The molecule has 0 bridgehead atoms. The molecule has 0 fully saturated rings. The maximum absolute atomic E-state index is 9.37. The molecule has 2 aromatic rings. The zero-order valence-corrected chi connectivity index (χ0v) is 12.2. The number of rotatable bonds is 4. The van der Waals surface area contributed by atoms with Crippen molar-refractivity contribution >= 4 is 6.08 Å². The van der Waals surface area contributed by atoms with Gasteiger partial charge in [0.1, 0.15) is 12.6 Å². The summed E-state index contributed by atoms with van der Waals surface area (Å²) in [6.07, 6.45) is 3.71. The van der Waals surface area contributed by atoms with Crippen molar-refractivity contribution in [1.29, 1.82) is 5.26 Å². The Morgan fingerprint density at radius 2 is 2.00 bits per heavy atom. The summed E-state index contributed by atoms with van der Waals surface area (Å²) in [4.78, 5) is 0. The van der Waals surface area contributed by atoms with Gasteiger partial charge in [0.25, 0.3) is 0 Å². The fourth-order valence-electron chi connectivity index (χ4n) is 2.50. The first kappa shape index (κ1) is 14.0. The van der Waals surface area contributed by atoms with E-state index in [0.717, 1.165) is 16.7 Å². The van der Waals surface area contributed by atoms with Crippen LogP contribution in [-0.2, 0) is 6.61 Å². The molecule has 3 rings (SSSR count). The van der Waals surface area contributed by atoms with E-state index in [4.69, 9.17) is 9.47 Å². The second-order valence-corrected chi connectivity index (χ2v) is 4.94. The largest absolute Gasteiger partial charge is 0.493 e. The molecule has 1 heterocycles. The maximum Gasteiger partial charge on any atom is 0.168 e. The Morgan fingerprint density at radius 3 is 2.73 bits per heavy atom. The highest BCUT2D eigenvalue weighted by atomic mass is 16.5. The maximum atomic E-state index is 9.37. The Labute approximate surface area is 129 Å². The third-order valence-corrected chi connectivity index (χ3v) is 3.58. The van der Waals surface area contributed by atoms with Crippen LogP contribution in [0, 0.1) is 11.3 Å². The van der Waals surface area contributed by atoms with Crippen LogP contribution in [-0.4, -0.2) is 7.11 Å². The summed E-state index contributed by atoms with van der Waals surface area (Å²) in [6.45, 7) is 0.426. The predicted octanol–water partition coefficient (Wildman–Crippen LogP) is 3.41. The molecule has 1 aliphatic rings. The van der Waals surface area contributed by atoms with Crippen LogP contribution in [0.3, 0.4) is 0 Å². The van der Waals surface area contributed by atoms with Crippen molar-refractivity contribution in [3.8, 4) is 17.6 Å². The van der Waals surface area contributed by atoms with Crippen LogP contribution in [0.25, 0.3) is 6.08 Å². The number of hydrogen-bond acceptors (Lipinski definition) is 4. The number of nitriles is 1. The van der Waals surface area contributed by atoms with Crippen LogP contribution in [0.4, 0.5) is 0 Å². The first-order valence-corrected chi connectivity index (χ1v) is 7.03. The first-order valence-electron chi connectivity index (χ1n) is 7.03. The van der Waals surface area contributed by atoms with Gasteiger partial charge in [0.15, 0.2) is 11.5 Å². The van der Waals surface area contributed by atoms with Gasteiger partial charge >= 0.3 is 0 Å². The Bertz CT molecular complexity index is 733. The number of fused-ring (bicyclic) bond motifs is 1. The summed E-state index contributed by atoms with van der Waals surface area (Å²) in [5.41, 5.74) is 2.85. The first-order chi connectivity index (χ1) is 10.8. The van der Waals surface area contributed by atoms with E-state index < -0.39 is 6.04 Å². The van der Waals surface area contributed by atoms with Gasteiger partial charge in [0.05, 0.1) is 13.2 Å². The number of nitrogens with one attached hydrogen (secondary N) is 1. The fraction of sp³-hybridized carbons (Fsp3) is 0.167. The summed E-state index contributed by atoms with van der Waals surface area (Å²) >= 11 is 0. The number of nitrogens with zero attached hydrogens (tertiary/aromatic N) is 1. The number of methoxy groups -OCH3 is 1. The molecule has 0 spiro atoms. The highest BCUT2D eigenvalue weighted by molar-refractivity contribution is 5.66. The zero-order chi connectivity index (χ0) is 15.4. The van der Waals surface area contributed by atoms with E-state index >= 15 is 0 Å². The summed E-state index contributed by atoms with van der Waals surface area (Å²) in [5.74, 6) is 1.25. The summed E-state index contributed by atoms with van der Waals surface area (Å²) in [7, 11) is 1.60. The molecular formula is C18H16N2O2. The lowest BCUT2D eigenvalue weighted by Crippen LogP contribution is -2.19. The SMILES string of the molecule is COc1ccc2c(c1OCc1ccccc1)C(C#N)NC=C2. The van der Waals surface area contributed by atoms with Gasteiger partial charge in [-0.3, -0.25) is 0 Å². The zero-order valence-electron chi connectivity index (χ0n) is 12.2. The van der Waals surface area contributed by atoms with Crippen molar-refractivity contribution in [2.24, 2.45) is 0 Å². The van der Waals surface area contributed by atoms with E-state index in [2.05, 4.69) is 11.4 Å². The highest BCUT2D eigenvalue weighted by Crippen LogP contribution is 2.39. The molecule has 2 aromatic carbocycles. The van der Waals surface area contributed by atoms with Crippen molar-refractivity contribution in [3.05, 3.63) is 65.4 Å². The molecule has 22 heavy (non-hydrogen) atoms. The van der Waals surface area contributed by atoms with E-state index in [1.165, 1.54) is 0 Å². The second-order valence-electron chi connectivity index (χ2n) is 4.94. The van der Waals surface area contributed by atoms with Crippen molar-refractivity contribution in [2.45, 2.75) is 12.6 Å². The predicted molar refractivity (Wildman–Crippen MR) is 84.3 cm³/mol. The Morgan fingerprint density at radius 1 is 1.18 bits per heavy atom. The lowest BCUT2D eigenvalue weighted by molar-refractivity contribution is 0.280. The molecule has 1 atom stereocenters. The number of ether oxygens (including phenoxy) is 2. The monoisotopic (exact) mass is 292 g/mol. The second kappa shape index (κ2) is 6.23. The molecule has 110 valence electrons. The van der Waals surface area contributed by atoms with Crippen LogP contribution in [0.1, 0.15) is 22.7 Å². The minimum absolute atomic E-state index is 0.426. The molecule has 4 nitrogen and oxygen atoms in total. The van der Waals surface area contributed by atoms with Crippen molar-refractivity contribution in [2.75, 3.05) is 7.11 Å². The molecule has 1 unspecified atom stereocenters. The van der Waals surface area contributed by atoms with Crippen LogP contribution in [0.15, 0.2) is 48.7 Å². The third kappa shape index (κ3) is 2.61. The van der Waals surface area contributed by atoms with Gasteiger partial charge in [-0.15, -0.1) is 0 Å². The Kier molecular flexibility index (Phi) is 3.97. The Hall–Kier alpha value is -2.93. The van der Waals surface area contributed by atoms with Gasteiger partial charge in [-0.1, -0.05) is 36.4 Å². The number of hydrogen-bond donors (Lipinski definition) is 1. The van der Waals surface area contributed by atoms with Gasteiger partial charge in [-0.05, 0) is 29.5 Å². The average molecular weight is 292 g/mol. The third-order valence-electron chi connectivity index (χ3n) is 3.58. The van der Waals surface area contributed by atoms with Gasteiger partial charge in [0, 0.05) is 5.56 Å². The van der Waals surface area contributed by atoms with Crippen molar-refractivity contribution in [3.63, 3.8) is 0 Å². The smallest absolute Gasteiger partial charge is 0.168 e. The fourth-order valence-corrected chi connectivity index (χ4v) is 2.50. The molecular weight excluding hydrogens is 276 g/mol. The van der Waals surface area contributed by atoms with E-state index in [0.29, 0.717) is 18.1 Å². The van der Waals surface area contributed by atoms with Crippen LogP contribution in [0.2, 0.25) is 0 Å². The summed E-state index contributed by atoms with van der Waals surface area (Å²) in [5, 5.41) is 12.4. The van der Waals surface area contributed by atoms with Gasteiger partial charge in [0.2, 0.25) is 0 Å². The van der Waals surface area contributed by atoms with Crippen molar-refractivity contribution in [1.82, 2.24) is 5.32 Å². The minimum atomic E-state index is -0.444. The minimum Gasteiger partial charge on any atom is -0.493 e. The molecule has 0 saturated heterocycles. The number of benzene rings is 2. The molecule has 0 saturated carbocycles. The molecule has 0 aliphatic carbocycles. The van der Waals surface area contributed by atoms with Crippen LogP contribution in [0.5, 0.6) is 11.5 Å². The molecule has 0 amide bonds. The van der Waals surface area contributed by atoms with E-state index in [-0.39, 0.29) is 0 Å². The molecule has 1 N–H and O–H groups in total.